The summed E-state index contributed by atoms with van der Waals surface area (Å²) in [5.74, 6) is 2.50. The third kappa shape index (κ3) is 5.11. The van der Waals surface area contributed by atoms with Gasteiger partial charge in [-0.15, -0.1) is 11.3 Å². The average Bonchev–Trinajstić information content (AvgIpc) is 3.56. The van der Waals surface area contributed by atoms with Crippen LogP contribution in [-0.4, -0.2) is 43.0 Å². The van der Waals surface area contributed by atoms with Crippen molar-refractivity contribution in [3.05, 3.63) is 70.3 Å². The van der Waals surface area contributed by atoms with E-state index in [0.29, 0.717) is 19.6 Å². The zero-order chi connectivity index (χ0) is 21.6. The number of carbonyl (C=O) groups is 1. The summed E-state index contributed by atoms with van der Waals surface area (Å²) in [4.78, 5) is 18.8. The molecule has 31 heavy (non-hydrogen) atoms. The number of furan rings is 1. The monoisotopic (exact) mass is 440 g/mol. The van der Waals surface area contributed by atoms with Crippen molar-refractivity contribution in [3.63, 3.8) is 0 Å². The molecule has 1 aliphatic heterocycles. The van der Waals surface area contributed by atoms with Crippen molar-refractivity contribution >= 4 is 17.2 Å². The van der Waals surface area contributed by atoms with Crippen molar-refractivity contribution in [2.45, 2.75) is 32.0 Å². The van der Waals surface area contributed by atoms with Gasteiger partial charge in [-0.1, -0.05) is 6.07 Å². The molecule has 164 valence electrons. The van der Waals surface area contributed by atoms with Crippen LogP contribution in [0.15, 0.2) is 58.5 Å². The predicted octanol–water partition coefficient (Wildman–Crippen LogP) is 4.72. The highest BCUT2D eigenvalue weighted by molar-refractivity contribution is 7.09. The Morgan fingerprint density at radius 3 is 2.81 bits per heavy atom. The van der Waals surface area contributed by atoms with Crippen molar-refractivity contribution in [2.75, 3.05) is 27.3 Å². The molecule has 1 atom stereocenters. The molecule has 2 aromatic heterocycles. The molecule has 0 N–H and O–H groups in total. The molecule has 0 radical (unpaired) electrons. The Balaban J connectivity index is 1.51. The Hall–Kier alpha value is -2.77. The van der Waals surface area contributed by atoms with E-state index in [1.165, 1.54) is 4.88 Å². The van der Waals surface area contributed by atoms with Crippen LogP contribution in [0.1, 0.15) is 35.1 Å². The lowest BCUT2D eigenvalue weighted by Gasteiger charge is -2.29. The van der Waals surface area contributed by atoms with Gasteiger partial charge in [0, 0.05) is 29.6 Å². The number of methoxy groups -OCH3 is 2. The summed E-state index contributed by atoms with van der Waals surface area (Å²) in [5.41, 5.74) is 1.03. The van der Waals surface area contributed by atoms with Crippen LogP contribution in [0.2, 0.25) is 0 Å². The van der Waals surface area contributed by atoms with E-state index in [0.717, 1.165) is 42.2 Å². The Labute approximate surface area is 187 Å². The zero-order valence-electron chi connectivity index (χ0n) is 18.0. The molecule has 1 saturated heterocycles. The van der Waals surface area contributed by atoms with Gasteiger partial charge in [-0.05, 0) is 48.6 Å². The van der Waals surface area contributed by atoms with Crippen LogP contribution in [0.5, 0.6) is 11.5 Å². The van der Waals surface area contributed by atoms with E-state index >= 15 is 0 Å². The van der Waals surface area contributed by atoms with Crippen molar-refractivity contribution in [1.82, 2.24) is 9.80 Å². The Kier molecular flexibility index (Phi) is 6.94. The van der Waals surface area contributed by atoms with Gasteiger partial charge in [0.1, 0.15) is 17.3 Å². The van der Waals surface area contributed by atoms with Crippen LogP contribution in [-0.2, 0) is 17.9 Å². The van der Waals surface area contributed by atoms with Crippen molar-refractivity contribution < 1.29 is 18.7 Å². The van der Waals surface area contributed by atoms with Crippen molar-refractivity contribution in [2.24, 2.45) is 0 Å². The number of rotatable bonds is 9. The standard InChI is InChI=1S/C24H28N2O4S/c1-28-18-9-10-21(23(14-18)29-2)22-8-3-11-26(22)24(27)17-25(15-19-6-4-12-30-19)16-20-7-5-13-31-20/h4-7,9-10,12-14,22H,3,8,11,15-17H2,1-2H3. The second-order valence-corrected chi connectivity index (χ2v) is 8.69. The minimum Gasteiger partial charge on any atom is -0.497 e. The van der Waals surface area contributed by atoms with E-state index in [9.17, 15) is 4.79 Å². The maximum atomic E-state index is 13.4. The van der Waals surface area contributed by atoms with E-state index in [1.54, 1.807) is 31.8 Å². The number of amides is 1. The third-order valence-electron chi connectivity index (χ3n) is 5.65. The number of nitrogens with zero attached hydrogens (tertiary/aromatic N) is 2. The lowest BCUT2D eigenvalue weighted by atomic mass is 10.0. The quantitative estimate of drug-likeness (QED) is 0.482. The second kappa shape index (κ2) is 10.0. The first kappa shape index (κ1) is 21.5. The highest BCUT2D eigenvalue weighted by Gasteiger charge is 2.32. The fourth-order valence-electron chi connectivity index (χ4n) is 4.18. The highest BCUT2D eigenvalue weighted by Crippen LogP contribution is 2.38. The molecule has 1 amide bonds. The van der Waals surface area contributed by atoms with Crippen LogP contribution in [0.25, 0.3) is 0 Å². The van der Waals surface area contributed by atoms with Crippen molar-refractivity contribution in [1.29, 1.82) is 0 Å². The van der Waals surface area contributed by atoms with Gasteiger partial charge in [0.25, 0.3) is 0 Å². The average molecular weight is 441 g/mol. The molecule has 0 bridgehead atoms. The first-order valence-corrected chi connectivity index (χ1v) is 11.3. The zero-order valence-corrected chi connectivity index (χ0v) is 18.8. The summed E-state index contributed by atoms with van der Waals surface area (Å²) in [5, 5.41) is 2.06. The number of hydrogen-bond acceptors (Lipinski definition) is 6. The number of thiophene rings is 1. The lowest BCUT2D eigenvalue weighted by Crippen LogP contribution is -2.39. The Bertz CT molecular complexity index is 935. The van der Waals surface area contributed by atoms with Gasteiger partial charge in [-0.25, -0.2) is 0 Å². The van der Waals surface area contributed by atoms with Gasteiger partial charge >= 0.3 is 0 Å². The summed E-state index contributed by atoms with van der Waals surface area (Å²) < 4.78 is 16.5. The normalized spacial score (nSPS) is 16.1. The molecular formula is C24H28N2O4S. The van der Waals surface area contributed by atoms with E-state index in [2.05, 4.69) is 16.3 Å². The van der Waals surface area contributed by atoms with Crippen LogP contribution in [0.3, 0.4) is 0 Å². The van der Waals surface area contributed by atoms with Crippen LogP contribution < -0.4 is 9.47 Å². The number of benzene rings is 1. The number of ether oxygens (including phenoxy) is 2. The lowest BCUT2D eigenvalue weighted by molar-refractivity contribution is -0.133. The predicted molar refractivity (Wildman–Crippen MR) is 120 cm³/mol. The number of hydrogen-bond donors (Lipinski definition) is 0. The molecule has 1 aromatic carbocycles. The smallest absolute Gasteiger partial charge is 0.237 e. The molecule has 3 aromatic rings. The van der Waals surface area contributed by atoms with Crippen LogP contribution in [0.4, 0.5) is 0 Å². The molecule has 1 fully saturated rings. The molecule has 7 heteroatoms. The van der Waals surface area contributed by atoms with Crippen LogP contribution >= 0.6 is 11.3 Å². The van der Waals surface area contributed by atoms with Gasteiger partial charge in [-0.3, -0.25) is 9.69 Å². The summed E-state index contributed by atoms with van der Waals surface area (Å²) >= 11 is 1.70. The molecule has 4 rings (SSSR count). The first-order valence-electron chi connectivity index (χ1n) is 10.5. The minimum absolute atomic E-state index is 0.0144. The number of likely N-dealkylation sites (tertiary alicyclic amines) is 1. The van der Waals surface area contributed by atoms with E-state index in [-0.39, 0.29) is 11.9 Å². The van der Waals surface area contributed by atoms with Gasteiger partial charge in [-0.2, -0.15) is 0 Å². The molecule has 1 unspecified atom stereocenters. The van der Waals surface area contributed by atoms with E-state index < -0.39 is 0 Å². The minimum atomic E-state index is 0.0144. The molecule has 3 heterocycles. The molecular weight excluding hydrogens is 412 g/mol. The Morgan fingerprint density at radius 2 is 2.10 bits per heavy atom. The highest BCUT2D eigenvalue weighted by atomic mass is 32.1. The van der Waals surface area contributed by atoms with E-state index in [1.807, 2.05) is 41.3 Å². The molecule has 0 aliphatic carbocycles. The summed E-state index contributed by atoms with van der Waals surface area (Å²) in [6, 6.07) is 13.8. The SMILES string of the molecule is COc1ccc(C2CCCN2C(=O)CN(Cc2ccco2)Cc2cccs2)c(OC)c1. The van der Waals surface area contributed by atoms with Crippen LogP contribution in [0, 0.1) is 0 Å². The number of carbonyl (C=O) groups excluding carboxylic acids is 1. The van der Waals surface area contributed by atoms with Gasteiger partial charge in [0.2, 0.25) is 5.91 Å². The molecule has 0 saturated carbocycles. The second-order valence-electron chi connectivity index (χ2n) is 7.66. The maximum absolute atomic E-state index is 13.4. The van der Waals surface area contributed by atoms with Gasteiger partial charge < -0.3 is 18.8 Å². The summed E-state index contributed by atoms with van der Waals surface area (Å²) in [7, 11) is 3.30. The van der Waals surface area contributed by atoms with Gasteiger partial charge in [0.15, 0.2) is 0 Å². The third-order valence-corrected chi connectivity index (χ3v) is 6.51. The topological polar surface area (TPSA) is 55.2 Å². The molecule has 0 spiro atoms. The van der Waals surface area contributed by atoms with Crippen molar-refractivity contribution in [3.8, 4) is 11.5 Å². The molecule has 1 aliphatic rings. The Morgan fingerprint density at radius 1 is 1.19 bits per heavy atom. The summed E-state index contributed by atoms with van der Waals surface area (Å²) in [6.45, 7) is 2.41. The maximum Gasteiger partial charge on any atom is 0.237 e. The fourth-order valence-corrected chi connectivity index (χ4v) is 4.92. The molecule has 6 nitrogen and oxygen atoms in total. The van der Waals surface area contributed by atoms with E-state index in [4.69, 9.17) is 13.9 Å². The largest absolute Gasteiger partial charge is 0.497 e. The fraction of sp³-hybridized carbons (Fsp3) is 0.375. The van der Waals surface area contributed by atoms with Gasteiger partial charge in [0.05, 0.1) is 39.6 Å². The first-order chi connectivity index (χ1) is 15.2. The summed E-state index contributed by atoms with van der Waals surface area (Å²) in [6.07, 6.45) is 3.58.